The Kier molecular flexibility index (Phi) is 5.40. The highest BCUT2D eigenvalue weighted by molar-refractivity contribution is 9.09. The van der Waals surface area contributed by atoms with Crippen LogP contribution < -0.4 is 4.72 Å². The molecule has 1 rings (SSSR count). The van der Waals surface area contributed by atoms with E-state index >= 15 is 0 Å². The Morgan fingerprint density at radius 2 is 2.18 bits per heavy atom. The van der Waals surface area contributed by atoms with Crippen LogP contribution in [0, 0.1) is 11.3 Å². The average molecular weight is 338 g/mol. The minimum Gasteiger partial charge on any atom is -0.211 e. The van der Waals surface area contributed by atoms with Crippen LogP contribution in [0.5, 0.6) is 0 Å². The van der Waals surface area contributed by atoms with E-state index in [9.17, 15) is 8.42 Å². The number of nitriles is 1. The SMILES string of the molecule is N#Cc1ccc(S(=O)(=O)NCCCBr)cc1Cl. The third kappa shape index (κ3) is 3.96. The topological polar surface area (TPSA) is 70.0 Å². The molecule has 0 atom stereocenters. The first kappa shape index (κ1) is 14.5. The monoisotopic (exact) mass is 336 g/mol. The highest BCUT2D eigenvalue weighted by atomic mass is 79.9. The molecular formula is C10H10BrClN2O2S. The molecule has 1 aromatic carbocycles. The van der Waals surface area contributed by atoms with Crippen molar-refractivity contribution < 1.29 is 8.42 Å². The molecule has 92 valence electrons. The molecule has 1 aromatic rings. The Morgan fingerprint density at radius 3 is 2.71 bits per heavy atom. The van der Waals surface area contributed by atoms with E-state index in [4.69, 9.17) is 16.9 Å². The van der Waals surface area contributed by atoms with E-state index in [-0.39, 0.29) is 15.5 Å². The average Bonchev–Trinajstić information content (AvgIpc) is 2.29. The summed E-state index contributed by atoms with van der Waals surface area (Å²) in [5.74, 6) is 0. The van der Waals surface area contributed by atoms with Gasteiger partial charge >= 0.3 is 0 Å². The summed E-state index contributed by atoms with van der Waals surface area (Å²) in [7, 11) is -3.54. The molecular weight excluding hydrogens is 328 g/mol. The lowest BCUT2D eigenvalue weighted by atomic mass is 10.2. The number of hydrogen-bond acceptors (Lipinski definition) is 3. The number of benzene rings is 1. The van der Waals surface area contributed by atoms with Crippen molar-refractivity contribution in [1.82, 2.24) is 4.72 Å². The first-order valence-electron chi connectivity index (χ1n) is 4.76. The van der Waals surface area contributed by atoms with E-state index in [0.29, 0.717) is 13.0 Å². The molecule has 4 nitrogen and oxygen atoms in total. The van der Waals surface area contributed by atoms with E-state index in [0.717, 1.165) is 5.33 Å². The smallest absolute Gasteiger partial charge is 0.211 e. The van der Waals surface area contributed by atoms with E-state index < -0.39 is 10.0 Å². The lowest BCUT2D eigenvalue weighted by molar-refractivity contribution is 0.581. The van der Waals surface area contributed by atoms with Crippen molar-refractivity contribution in [3.63, 3.8) is 0 Å². The summed E-state index contributed by atoms with van der Waals surface area (Å²) in [5, 5.41) is 9.54. The molecule has 7 heteroatoms. The Balaban J connectivity index is 2.93. The van der Waals surface area contributed by atoms with E-state index in [1.807, 2.05) is 6.07 Å². The number of nitrogens with zero attached hydrogens (tertiary/aromatic N) is 1. The number of rotatable bonds is 5. The van der Waals surface area contributed by atoms with Crippen molar-refractivity contribution >= 4 is 37.6 Å². The minimum absolute atomic E-state index is 0.0658. The van der Waals surface area contributed by atoms with Gasteiger partial charge < -0.3 is 0 Å². The Bertz CT molecular complexity index is 540. The summed E-state index contributed by atoms with van der Waals surface area (Å²) in [6.07, 6.45) is 0.698. The molecule has 0 unspecified atom stereocenters. The Morgan fingerprint density at radius 1 is 1.47 bits per heavy atom. The number of alkyl halides is 1. The van der Waals surface area contributed by atoms with Gasteiger partial charge in [-0.25, -0.2) is 13.1 Å². The van der Waals surface area contributed by atoms with Crippen LogP contribution in [-0.2, 0) is 10.0 Å². The van der Waals surface area contributed by atoms with Gasteiger partial charge in [-0.15, -0.1) is 0 Å². The third-order valence-electron chi connectivity index (χ3n) is 1.97. The predicted octanol–water partition coefficient (Wildman–Crippen LogP) is 2.27. The van der Waals surface area contributed by atoms with Gasteiger partial charge in [0.05, 0.1) is 15.5 Å². The van der Waals surface area contributed by atoms with Crippen LogP contribution in [0.15, 0.2) is 23.1 Å². The second-order valence-corrected chi connectivity index (χ2v) is 6.16. The summed E-state index contributed by atoms with van der Waals surface area (Å²) < 4.78 is 26.0. The normalized spacial score (nSPS) is 11.1. The molecule has 0 saturated carbocycles. The molecule has 17 heavy (non-hydrogen) atoms. The lowest BCUT2D eigenvalue weighted by Crippen LogP contribution is -2.25. The summed E-state index contributed by atoms with van der Waals surface area (Å²) in [6, 6.07) is 5.90. The highest BCUT2D eigenvalue weighted by Crippen LogP contribution is 2.19. The van der Waals surface area contributed by atoms with Crippen LogP contribution in [0.25, 0.3) is 0 Å². The summed E-state index contributed by atoms with van der Waals surface area (Å²) >= 11 is 8.99. The molecule has 0 saturated heterocycles. The summed E-state index contributed by atoms with van der Waals surface area (Å²) in [6.45, 7) is 0.352. The molecule has 0 aliphatic carbocycles. The number of nitrogens with one attached hydrogen (secondary N) is 1. The standard InChI is InChI=1S/C10H10BrClN2O2S/c11-4-1-5-14-17(15,16)9-3-2-8(7-13)10(12)6-9/h2-3,6,14H,1,4-5H2. The summed E-state index contributed by atoms with van der Waals surface area (Å²) in [4.78, 5) is 0.0658. The fraction of sp³-hybridized carbons (Fsp3) is 0.300. The summed E-state index contributed by atoms with van der Waals surface area (Å²) in [5.41, 5.74) is 0.256. The van der Waals surface area contributed by atoms with Gasteiger partial charge in [0.15, 0.2) is 0 Å². The van der Waals surface area contributed by atoms with Crippen molar-refractivity contribution in [3.05, 3.63) is 28.8 Å². The zero-order valence-corrected chi connectivity index (χ0v) is 11.9. The van der Waals surface area contributed by atoms with Crippen molar-refractivity contribution in [2.24, 2.45) is 0 Å². The molecule has 0 heterocycles. The maximum Gasteiger partial charge on any atom is 0.240 e. The first-order valence-corrected chi connectivity index (χ1v) is 7.75. The van der Waals surface area contributed by atoms with Crippen molar-refractivity contribution in [2.45, 2.75) is 11.3 Å². The van der Waals surface area contributed by atoms with Gasteiger partial charge in [0.2, 0.25) is 10.0 Å². The fourth-order valence-electron chi connectivity index (χ4n) is 1.11. The van der Waals surface area contributed by atoms with Gasteiger partial charge in [-0.2, -0.15) is 5.26 Å². The zero-order chi connectivity index (χ0) is 12.9. The maximum absolute atomic E-state index is 11.8. The quantitative estimate of drug-likeness (QED) is 0.662. The minimum atomic E-state index is -3.54. The van der Waals surface area contributed by atoms with Gasteiger partial charge in [0, 0.05) is 11.9 Å². The predicted molar refractivity (Wildman–Crippen MR) is 69.8 cm³/mol. The molecule has 0 radical (unpaired) electrons. The molecule has 0 aromatic heterocycles. The molecule has 0 amide bonds. The number of hydrogen-bond donors (Lipinski definition) is 1. The van der Waals surface area contributed by atoms with Crippen LogP contribution in [0.1, 0.15) is 12.0 Å². The van der Waals surface area contributed by atoms with Crippen molar-refractivity contribution in [3.8, 4) is 6.07 Å². The van der Waals surface area contributed by atoms with Gasteiger partial charge in [-0.3, -0.25) is 0 Å². The van der Waals surface area contributed by atoms with Gasteiger partial charge in [0.25, 0.3) is 0 Å². The van der Waals surface area contributed by atoms with Gasteiger partial charge in [-0.05, 0) is 24.6 Å². The van der Waals surface area contributed by atoms with E-state index in [2.05, 4.69) is 20.7 Å². The molecule has 0 aliphatic heterocycles. The third-order valence-corrected chi connectivity index (χ3v) is 4.31. The van der Waals surface area contributed by atoms with E-state index in [1.165, 1.54) is 18.2 Å². The number of halogens is 2. The van der Waals surface area contributed by atoms with Crippen LogP contribution in [-0.4, -0.2) is 20.3 Å². The van der Waals surface area contributed by atoms with Crippen molar-refractivity contribution in [1.29, 1.82) is 5.26 Å². The largest absolute Gasteiger partial charge is 0.240 e. The maximum atomic E-state index is 11.8. The molecule has 0 bridgehead atoms. The Labute approximate surface area is 114 Å². The Hall–Kier alpha value is -0.610. The van der Waals surface area contributed by atoms with Crippen LogP contribution in [0.4, 0.5) is 0 Å². The zero-order valence-electron chi connectivity index (χ0n) is 8.78. The first-order chi connectivity index (χ1) is 8.01. The number of sulfonamides is 1. The molecule has 1 N–H and O–H groups in total. The van der Waals surface area contributed by atoms with Crippen LogP contribution in [0.2, 0.25) is 5.02 Å². The second kappa shape index (κ2) is 6.36. The molecule has 0 fully saturated rings. The van der Waals surface area contributed by atoms with Crippen LogP contribution in [0.3, 0.4) is 0 Å². The van der Waals surface area contributed by atoms with Gasteiger partial charge in [0.1, 0.15) is 6.07 Å². The molecule has 0 spiro atoms. The van der Waals surface area contributed by atoms with Crippen LogP contribution >= 0.6 is 27.5 Å². The second-order valence-electron chi connectivity index (χ2n) is 3.19. The fourth-order valence-corrected chi connectivity index (χ4v) is 2.78. The van der Waals surface area contributed by atoms with Gasteiger partial charge in [-0.1, -0.05) is 27.5 Å². The molecule has 0 aliphatic rings. The van der Waals surface area contributed by atoms with Crippen molar-refractivity contribution in [2.75, 3.05) is 11.9 Å². The van der Waals surface area contributed by atoms with E-state index in [1.54, 1.807) is 0 Å². The highest BCUT2D eigenvalue weighted by Gasteiger charge is 2.14. The lowest BCUT2D eigenvalue weighted by Gasteiger charge is -2.06.